The second-order valence-corrected chi connectivity index (χ2v) is 5.93. The van der Waals surface area contributed by atoms with Crippen LogP contribution in [0.25, 0.3) is 0 Å². The first-order valence-corrected chi connectivity index (χ1v) is 7.92. The molecule has 0 bridgehead atoms. The second-order valence-electron chi connectivity index (χ2n) is 4.92. The molecule has 0 saturated carbocycles. The van der Waals surface area contributed by atoms with Gasteiger partial charge >= 0.3 is 0 Å². The molecule has 3 rings (SSSR count). The van der Waals surface area contributed by atoms with Gasteiger partial charge in [-0.25, -0.2) is 14.4 Å². The maximum absolute atomic E-state index is 13.5. The minimum atomic E-state index is -0.391. The van der Waals surface area contributed by atoms with E-state index >= 15 is 0 Å². The molecule has 23 heavy (non-hydrogen) atoms. The number of hydrogen-bond acceptors (Lipinski definition) is 6. The molecule has 6 nitrogen and oxygen atoms in total. The third-order valence-corrected chi connectivity index (χ3v) is 4.21. The van der Waals surface area contributed by atoms with E-state index in [-0.39, 0.29) is 24.3 Å². The monoisotopic (exact) mass is 331 g/mol. The van der Waals surface area contributed by atoms with Crippen LogP contribution in [0.5, 0.6) is 0 Å². The number of benzene rings is 1. The Morgan fingerprint density at radius 3 is 3.00 bits per heavy atom. The predicted molar refractivity (Wildman–Crippen MR) is 87.3 cm³/mol. The lowest BCUT2D eigenvalue weighted by Crippen LogP contribution is -2.29. The highest BCUT2D eigenvalue weighted by Crippen LogP contribution is 2.28. The summed E-state index contributed by atoms with van der Waals surface area (Å²) in [5, 5.41) is 3.21. The lowest BCUT2D eigenvalue weighted by Gasteiger charge is -2.05. The Morgan fingerprint density at radius 1 is 1.39 bits per heavy atom. The van der Waals surface area contributed by atoms with E-state index in [1.165, 1.54) is 17.8 Å². The first-order valence-electron chi connectivity index (χ1n) is 6.94. The fourth-order valence-electron chi connectivity index (χ4n) is 2.15. The summed E-state index contributed by atoms with van der Waals surface area (Å²) in [5.74, 6) is 0.160. The number of anilines is 1. The van der Waals surface area contributed by atoms with Crippen molar-refractivity contribution in [3.05, 3.63) is 53.6 Å². The average molecular weight is 331 g/mol. The Morgan fingerprint density at radius 2 is 2.22 bits per heavy atom. The number of nitrogens with one attached hydrogen (secondary N) is 1. The molecule has 1 aromatic heterocycles. The van der Waals surface area contributed by atoms with E-state index in [1.54, 1.807) is 30.5 Å². The minimum absolute atomic E-state index is 0.0304. The van der Waals surface area contributed by atoms with Crippen molar-refractivity contribution in [1.82, 2.24) is 15.3 Å². The van der Waals surface area contributed by atoms with Crippen LogP contribution in [0.3, 0.4) is 0 Å². The van der Waals surface area contributed by atoms with Crippen LogP contribution in [0.1, 0.15) is 17.3 Å². The fourth-order valence-corrected chi connectivity index (χ4v) is 3.09. The lowest BCUT2D eigenvalue weighted by atomic mass is 10.1. The number of amides is 1. The standard InChI is InChI=1S/C15H14FN5OS/c16-10-4-2-1-3-9(10)7-13(22)21-15-20-12(8-23-15)11-5-6-18-14(17)19-11/h1-6,12H,7-8H2,(H2,17,18,19)(H,20,21,22). The Kier molecular flexibility index (Phi) is 4.52. The van der Waals surface area contributed by atoms with Gasteiger partial charge in [0.1, 0.15) is 11.9 Å². The lowest BCUT2D eigenvalue weighted by molar-refractivity contribution is -0.119. The van der Waals surface area contributed by atoms with E-state index in [9.17, 15) is 9.18 Å². The van der Waals surface area contributed by atoms with Gasteiger partial charge in [-0.1, -0.05) is 30.0 Å². The highest BCUT2D eigenvalue weighted by molar-refractivity contribution is 8.14. The number of thioether (sulfide) groups is 1. The highest BCUT2D eigenvalue weighted by atomic mass is 32.2. The zero-order chi connectivity index (χ0) is 16.2. The summed E-state index contributed by atoms with van der Waals surface area (Å²) in [6.07, 6.45) is 1.55. The van der Waals surface area contributed by atoms with Crippen molar-refractivity contribution in [2.75, 3.05) is 11.5 Å². The summed E-state index contributed by atoms with van der Waals surface area (Å²) in [6, 6.07) is 7.78. The van der Waals surface area contributed by atoms with Crippen molar-refractivity contribution in [2.45, 2.75) is 12.5 Å². The molecule has 1 aliphatic heterocycles. The van der Waals surface area contributed by atoms with Crippen LogP contribution in [0.15, 0.2) is 41.5 Å². The molecule has 2 aromatic rings. The van der Waals surface area contributed by atoms with Crippen molar-refractivity contribution in [2.24, 2.45) is 4.99 Å². The molecule has 0 spiro atoms. The predicted octanol–water partition coefficient (Wildman–Crippen LogP) is 1.70. The fraction of sp³-hybridized carbons (Fsp3) is 0.200. The molecule has 0 fully saturated rings. The average Bonchev–Trinajstić information content (AvgIpc) is 2.98. The number of nitrogen functional groups attached to an aromatic ring is 1. The normalized spacial score (nSPS) is 16.9. The number of carbonyl (C=O) groups is 1. The number of aliphatic imine (C=N–C) groups is 1. The van der Waals surface area contributed by atoms with Gasteiger partial charge < -0.3 is 11.1 Å². The summed E-state index contributed by atoms with van der Waals surface area (Å²) < 4.78 is 13.5. The van der Waals surface area contributed by atoms with E-state index in [0.717, 1.165) is 0 Å². The third-order valence-electron chi connectivity index (χ3n) is 3.24. The maximum atomic E-state index is 13.5. The van der Waals surface area contributed by atoms with E-state index in [0.29, 0.717) is 22.2 Å². The molecule has 118 valence electrons. The zero-order valence-corrected chi connectivity index (χ0v) is 12.9. The largest absolute Gasteiger partial charge is 0.368 e. The number of rotatable bonds is 3. The van der Waals surface area contributed by atoms with Crippen molar-refractivity contribution < 1.29 is 9.18 Å². The summed E-state index contributed by atoms with van der Waals surface area (Å²) in [6.45, 7) is 0. The molecule has 1 aromatic carbocycles. The van der Waals surface area contributed by atoms with Gasteiger partial charge in [-0.2, -0.15) is 0 Å². The maximum Gasteiger partial charge on any atom is 0.230 e. The third kappa shape index (κ3) is 3.84. The van der Waals surface area contributed by atoms with Gasteiger partial charge in [-0.05, 0) is 17.7 Å². The minimum Gasteiger partial charge on any atom is -0.368 e. The zero-order valence-electron chi connectivity index (χ0n) is 12.1. The summed E-state index contributed by atoms with van der Waals surface area (Å²) in [5.41, 5.74) is 6.63. The van der Waals surface area contributed by atoms with Gasteiger partial charge in [-0.15, -0.1) is 0 Å². The molecule has 3 N–H and O–H groups in total. The van der Waals surface area contributed by atoms with E-state index in [2.05, 4.69) is 20.3 Å². The Balaban J connectivity index is 1.63. The first kappa shape index (κ1) is 15.4. The smallest absolute Gasteiger partial charge is 0.230 e. The molecule has 0 radical (unpaired) electrons. The van der Waals surface area contributed by atoms with Crippen LogP contribution in [0, 0.1) is 5.82 Å². The van der Waals surface area contributed by atoms with E-state index in [1.807, 2.05) is 0 Å². The summed E-state index contributed by atoms with van der Waals surface area (Å²) in [7, 11) is 0. The number of nitrogens with two attached hydrogens (primary N) is 1. The Labute approximate surface area is 136 Å². The molecule has 2 heterocycles. The van der Waals surface area contributed by atoms with Gasteiger partial charge in [0.25, 0.3) is 0 Å². The second kappa shape index (κ2) is 6.74. The van der Waals surface area contributed by atoms with E-state index < -0.39 is 5.82 Å². The number of carbonyl (C=O) groups excluding carboxylic acids is 1. The number of hydrogen-bond donors (Lipinski definition) is 2. The van der Waals surface area contributed by atoms with E-state index in [4.69, 9.17) is 5.73 Å². The first-order chi connectivity index (χ1) is 11.1. The van der Waals surface area contributed by atoms with Crippen molar-refractivity contribution in [1.29, 1.82) is 0 Å². The number of halogens is 1. The molecule has 8 heteroatoms. The molecule has 0 aliphatic carbocycles. The molecule has 0 saturated heterocycles. The van der Waals surface area contributed by atoms with Crippen LogP contribution in [0.4, 0.5) is 10.3 Å². The molecule has 1 amide bonds. The van der Waals surface area contributed by atoms with Crippen molar-refractivity contribution in [3.63, 3.8) is 0 Å². The molecule has 1 unspecified atom stereocenters. The van der Waals surface area contributed by atoms with Gasteiger partial charge in [0.15, 0.2) is 5.17 Å². The summed E-state index contributed by atoms with van der Waals surface area (Å²) >= 11 is 1.42. The number of aromatic nitrogens is 2. The van der Waals surface area contributed by atoms with Gasteiger partial charge in [0, 0.05) is 11.9 Å². The highest BCUT2D eigenvalue weighted by Gasteiger charge is 2.23. The molecular weight excluding hydrogens is 317 g/mol. The Bertz CT molecular complexity index is 767. The SMILES string of the molecule is Nc1nccc(C2CSC(NC(=O)Cc3ccccc3F)=N2)n1. The van der Waals surface area contributed by atoms with Crippen LogP contribution < -0.4 is 11.1 Å². The van der Waals surface area contributed by atoms with Crippen LogP contribution in [0.2, 0.25) is 0 Å². The van der Waals surface area contributed by atoms with Crippen LogP contribution in [-0.4, -0.2) is 26.8 Å². The van der Waals surface area contributed by atoms with Crippen molar-refractivity contribution >= 4 is 28.8 Å². The quantitative estimate of drug-likeness (QED) is 0.893. The summed E-state index contributed by atoms with van der Waals surface area (Å²) in [4.78, 5) is 24.4. The van der Waals surface area contributed by atoms with Gasteiger partial charge in [-0.3, -0.25) is 9.79 Å². The van der Waals surface area contributed by atoms with Crippen LogP contribution >= 0.6 is 11.8 Å². The molecule has 1 aliphatic rings. The molecular formula is C15H14FN5OS. The van der Waals surface area contributed by atoms with Gasteiger partial charge in [0.2, 0.25) is 11.9 Å². The molecule has 1 atom stereocenters. The topological polar surface area (TPSA) is 93.3 Å². The number of amidine groups is 1. The van der Waals surface area contributed by atoms with Gasteiger partial charge in [0.05, 0.1) is 12.1 Å². The number of nitrogens with zero attached hydrogens (tertiary/aromatic N) is 3. The Hall–Kier alpha value is -2.48. The van der Waals surface area contributed by atoms with Crippen molar-refractivity contribution in [3.8, 4) is 0 Å². The van der Waals surface area contributed by atoms with Crippen LogP contribution in [-0.2, 0) is 11.2 Å².